The monoisotopic (exact) mass is 420 g/mol. The Morgan fingerprint density at radius 2 is 1.67 bits per heavy atom. The second kappa shape index (κ2) is 11.8. The van der Waals surface area contributed by atoms with Crippen molar-refractivity contribution in [3.05, 3.63) is 11.6 Å². The van der Waals surface area contributed by atoms with E-state index in [9.17, 15) is 4.79 Å². The summed E-state index contributed by atoms with van der Waals surface area (Å²) in [7, 11) is 2.09. The Bertz CT molecular complexity index is 566. The van der Waals surface area contributed by atoms with Crippen LogP contribution < -0.4 is 5.73 Å². The molecule has 1 aromatic rings. The lowest BCUT2D eigenvalue weighted by Crippen LogP contribution is -2.39. The average Bonchev–Trinajstić information content (AvgIpc) is 2.83. The highest BCUT2D eigenvalue weighted by molar-refractivity contribution is 5.85. The number of carbonyl (C=O) groups is 1. The molecule has 2 aliphatic rings. The Morgan fingerprint density at radius 1 is 1.04 bits per heavy atom. The highest BCUT2D eigenvalue weighted by Crippen LogP contribution is 2.27. The number of hydrogen-bond acceptors (Lipinski definition) is 5. The van der Waals surface area contributed by atoms with E-state index in [1.807, 2.05) is 4.90 Å². The number of halogens is 2. The molecule has 0 atom stereocenters. The smallest absolute Gasteiger partial charge is 0.223 e. The largest absolute Gasteiger partial charge is 0.343 e. The first-order valence-corrected chi connectivity index (χ1v) is 9.77. The van der Waals surface area contributed by atoms with E-state index in [4.69, 9.17) is 5.73 Å². The summed E-state index contributed by atoms with van der Waals surface area (Å²) in [5, 5.41) is 8.97. The van der Waals surface area contributed by atoms with Gasteiger partial charge in [0.05, 0.1) is 6.54 Å². The van der Waals surface area contributed by atoms with Crippen molar-refractivity contribution >= 4 is 30.7 Å². The first-order chi connectivity index (χ1) is 12.2. The predicted molar refractivity (Wildman–Crippen MR) is 111 cm³/mol. The van der Waals surface area contributed by atoms with Gasteiger partial charge >= 0.3 is 0 Å². The summed E-state index contributed by atoms with van der Waals surface area (Å²) in [6, 6.07) is 0. The molecule has 0 bridgehead atoms. The molecule has 0 aromatic carbocycles. The van der Waals surface area contributed by atoms with E-state index in [-0.39, 0.29) is 30.7 Å². The first-order valence-electron chi connectivity index (χ1n) is 9.77. The van der Waals surface area contributed by atoms with Gasteiger partial charge in [-0.05, 0) is 38.8 Å². The van der Waals surface area contributed by atoms with Gasteiger partial charge in [-0.1, -0.05) is 12.8 Å². The summed E-state index contributed by atoms with van der Waals surface area (Å²) in [5.41, 5.74) is 5.49. The maximum Gasteiger partial charge on any atom is 0.223 e. The lowest BCUT2D eigenvalue weighted by atomic mass is 9.95. The molecule has 2 N–H and O–H groups in total. The fourth-order valence-corrected chi connectivity index (χ4v) is 4.03. The molecule has 0 unspecified atom stereocenters. The molecular formula is C18H34Cl2N6O. The number of likely N-dealkylation sites (tertiary alicyclic amines) is 2. The zero-order valence-corrected chi connectivity index (χ0v) is 17.9. The minimum absolute atomic E-state index is 0. The summed E-state index contributed by atoms with van der Waals surface area (Å²) in [5.74, 6) is 2.73. The van der Waals surface area contributed by atoms with Gasteiger partial charge in [-0.25, -0.2) is 0 Å². The second-order valence-corrected chi connectivity index (χ2v) is 7.42. The van der Waals surface area contributed by atoms with E-state index in [1.165, 1.54) is 38.8 Å². The minimum atomic E-state index is 0. The second-order valence-electron chi connectivity index (χ2n) is 7.42. The summed E-state index contributed by atoms with van der Waals surface area (Å²) >= 11 is 0. The van der Waals surface area contributed by atoms with Crippen molar-refractivity contribution in [3.63, 3.8) is 0 Å². The van der Waals surface area contributed by atoms with Crippen molar-refractivity contribution in [2.75, 3.05) is 32.7 Å². The molecular weight excluding hydrogens is 387 g/mol. The van der Waals surface area contributed by atoms with Gasteiger partial charge in [0.1, 0.15) is 11.6 Å². The predicted octanol–water partition coefficient (Wildman–Crippen LogP) is 2.09. The molecule has 3 heterocycles. The van der Waals surface area contributed by atoms with Crippen molar-refractivity contribution < 1.29 is 4.79 Å². The van der Waals surface area contributed by atoms with Crippen LogP contribution in [-0.4, -0.2) is 63.2 Å². The van der Waals surface area contributed by atoms with Gasteiger partial charge in [-0.2, -0.15) is 0 Å². The Hall–Kier alpha value is -0.890. The maximum absolute atomic E-state index is 12.0. The molecule has 0 radical (unpaired) electrons. The third kappa shape index (κ3) is 6.31. The van der Waals surface area contributed by atoms with Crippen LogP contribution in [0.2, 0.25) is 0 Å². The van der Waals surface area contributed by atoms with Gasteiger partial charge in [0.25, 0.3) is 0 Å². The zero-order chi connectivity index (χ0) is 17.6. The third-order valence-electron chi connectivity index (χ3n) is 5.63. The minimum Gasteiger partial charge on any atom is -0.343 e. The molecule has 1 aromatic heterocycles. The number of aromatic nitrogens is 3. The molecule has 7 nitrogen and oxygen atoms in total. The van der Waals surface area contributed by atoms with E-state index in [2.05, 4.69) is 26.7 Å². The van der Waals surface area contributed by atoms with Gasteiger partial charge in [0.2, 0.25) is 5.91 Å². The molecule has 156 valence electrons. The van der Waals surface area contributed by atoms with Crippen LogP contribution in [0.3, 0.4) is 0 Å². The number of nitrogens with two attached hydrogens (primary N) is 1. The van der Waals surface area contributed by atoms with Crippen LogP contribution in [0.5, 0.6) is 0 Å². The van der Waals surface area contributed by atoms with Crippen molar-refractivity contribution in [1.82, 2.24) is 24.6 Å². The molecule has 0 spiro atoms. The van der Waals surface area contributed by atoms with Gasteiger partial charge in [-0.15, -0.1) is 35.0 Å². The van der Waals surface area contributed by atoms with E-state index in [0.717, 1.165) is 44.1 Å². The van der Waals surface area contributed by atoms with Crippen molar-refractivity contribution in [3.8, 4) is 0 Å². The SMILES string of the molecule is Cl.Cl.Cn1c(CN2CCCCCC2)nnc1C1CCN(C(=O)CCN)CC1. The van der Waals surface area contributed by atoms with Gasteiger partial charge in [0, 0.05) is 39.0 Å². The Labute approximate surface area is 174 Å². The van der Waals surface area contributed by atoms with E-state index >= 15 is 0 Å². The molecule has 2 saturated heterocycles. The van der Waals surface area contributed by atoms with Crippen molar-refractivity contribution in [1.29, 1.82) is 0 Å². The van der Waals surface area contributed by atoms with Gasteiger partial charge in [0.15, 0.2) is 0 Å². The number of nitrogens with zero attached hydrogens (tertiary/aromatic N) is 5. The van der Waals surface area contributed by atoms with Crippen LogP contribution in [0.4, 0.5) is 0 Å². The normalized spacial score (nSPS) is 19.1. The number of piperidine rings is 1. The van der Waals surface area contributed by atoms with Gasteiger partial charge in [-0.3, -0.25) is 9.69 Å². The first kappa shape index (κ1) is 24.1. The number of carbonyl (C=O) groups excluding carboxylic acids is 1. The molecule has 0 saturated carbocycles. The van der Waals surface area contributed by atoms with E-state index < -0.39 is 0 Å². The Morgan fingerprint density at radius 3 is 2.26 bits per heavy atom. The lowest BCUT2D eigenvalue weighted by Gasteiger charge is -2.31. The molecule has 1 amide bonds. The van der Waals surface area contributed by atoms with Crippen LogP contribution in [0, 0.1) is 0 Å². The molecule has 2 fully saturated rings. The van der Waals surface area contributed by atoms with Gasteiger partial charge < -0.3 is 15.2 Å². The van der Waals surface area contributed by atoms with Crippen LogP contribution in [0.25, 0.3) is 0 Å². The Balaban J connectivity index is 0.00000182. The quantitative estimate of drug-likeness (QED) is 0.788. The number of rotatable bonds is 5. The van der Waals surface area contributed by atoms with E-state index in [1.54, 1.807) is 0 Å². The fraction of sp³-hybridized carbons (Fsp3) is 0.833. The number of amides is 1. The fourth-order valence-electron chi connectivity index (χ4n) is 4.03. The summed E-state index contributed by atoms with van der Waals surface area (Å²) < 4.78 is 2.19. The molecule has 27 heavy (non-hydrogen) atoms. The topological polar surface area (TPSA) is 80.3 Å². The maximum atomic E-state index is 12.0. The molecule has 9 heteroatoms. The van der Waals surface area contributed by atoms with Crippen LogP contribution in [0.1, 0.15) is 62.5 Å². The highest BCUT2D eigenvalue weighted by atomic mass is 35.5. The Kier molecular flexibility index (Phi) is 10.6. The average molecular weight is 421 g/mol. The summed E-state index contributed by atoms with van der Waals surface area (Å²) in [6.07, 6.45) is 7.66. The standard InChI is InChI=1S/C18H32N6O.2ClH/c1-22-16(14-23-10-4-2-3-5-11-23)20-21-18(22)15-7-12-24(13-8-15)17(25)6-9-19;;/h15H,2-14,19H2,1H3;2*1H. The van der Waals surface area contributed by atoms with Crippen LogP contribution in [-0.2, 0) is 18.4 Å². The third-order valence-corrected chi connectivity index (χ3v) is 5.63. The highest BCUT2D eigenvalue weighted by Gasteiger charge is 2.27. The molecule has 2 aliphatic heterocycles. The van der Waals surface area contributed by atoms with Crippen LogP contribution in [0.15, 0.2) is 0 Å². The van der Waals surface area contributed by atoms with Crippen molar-refractivity contribution in [2.45, 2.75) is 57.4 Å². The lowest BCUT2D eigenvalue weighted by molar-refractivity contribution is -0.132. The number of hydrogen-bond donors (Lipinski definition) is 1. The summed E-state index contributed by atoms with van der Waals surface area (Å²) in [6.45, 7) is 5.28. The summed E-state index contributed by atoms with van der Waals surface area (Å²) in [4.78, 5) is 16.4. The molecule has 3 rings (SSSR count). The zero-order valence-electron chi connectivity index (χ0n) is 16.3. The molecule has 0 aliphatic carbocycles. The van der Waals surface area contributed by atoms with E-state index in [0.29, 0.717) is 18.9 Å². The van der Waals surface area contributed by atoms with Crippen molar-refractivity contribution in [2.24, 2.45) is 12.8 Å². The van der Waals surface area contributed by atoms with Crippen LogP contribution >= 0.6 is 24.8 Å².